The van der Waals surface area contributed by atoms with Crippen LogP contribution < -0.4 is 4.90 Å². The minimum absolute atomic E-state index is 0.226. The number of esters is 2. The van der Waals surface area contributed by atoms with Crippen molar-refractivity contribution in [2.75, 3.05) is 18.0 Å². The lowest BCUT2D eigenvalue weighted by atomic mass is 9.79. The van der Waals surface area contributed by atoms with Gasteiger partial charge in [-0.2, -0.15) is 4.58 Å². The van der Waals surface area contributed by atoms with Crippen molar-refractivity contribution in [3.8, 4) is 0 Å². The molecule has 0 saturated carbocycles. The first-order chi connectivity index (χ1) is 20.6. The molecule has 0 fully saturated rings. The fraction of sp³-hybridized carbons (Fsp3) is 0.270. The van der Waals surface area contributed by atoms with Crippen LogP contribution in [0.3, 0.4) is 0 Å². The van der Waals surface area contributed by atoms with Gasteiger partial charge in [-0.25, -0.2) is 0 Å². The van der Waals surface area contributed by atoms with Gasteiger partial charge in [-0.15, -0.1) is 0 Å². The van der Waals surface area contributed by atoms with E-state index in [0.29, 0.717) is 13.1 Å². The molecule has 2 aliphatic heterocycles. The van der Waals surface area contributed by atoms with Gasteiger partial charge in [0.05, 0.1) is 24.4 Å². The molecule has 0 unspecified atom stereocenters. The van der Waals surface area contributed by atoms with E-state index in [-0.39, 0.29) is 35.6 Å². The van der Waals surface area contributed by atoms with Gasteiger partial charge in [0.15, 0.2) is 12.3 Å². The van der Waals surface area contributed by atoms with Crippen LogP contribution in [0.2, 0.25) is 0 Å². The highest BCUT2D eigenvalue weighted by Gasteiger charge is 2.46. The SMILES string of the molecule is C=COC(=O)CCN1C(=CC=CC2=[N+](CCC(=O)OC=C)c3ccc4ccccc4c3C2(C)C)C(C)(C)c2ccccc21. The van der Waals surface area contributed by atoms with Crippen LogP contribution in [-0.4, -0.2) is 35.3 Å². The number of nitrogens with zero attached hydrogens (tertiary/aromatic N) is 2. The van der Waals surface area contributed by atoms with Crippen LogP contribution >= 0.6 is 0 Å². The number of para-hydroxylation sites is 1. The second kappa shape index (κ2) is 11.9. The van der Waals surface area contributed by atoms with Gasteiger partial charge in [-0.3, -0.25) is 9.59 Å². The Kier molecular flexibility index (Phi) is 8.23. The summed E-state index contributed by atoms with van der Waals surface area (Å²) < 4.78 is 12.3. The van der Waals surface area contributed by atoms with Crippen molar-refractivity contribution in [1.82, 2.24) is 0 Å². The van der Waals surface area contributed by atoms with Crippen molar-refractivity contribution in [3.63, 3.8) is 0 Å². The Bertz CT molecular complexity index is 1710. The van der Waals surface area contributed by atoms with Crippen LogP contribution in [-0.2, 0) is 29.9 Å². The molecule has 0 bridgehead atoms. The highest BCUT2D eigenvalue weighted by atomic mass is 16.5. The zero-order valence-electron chi connectivity index (χ0n) is 25.4. The molecule has 6 nitrogen and oxygen atoms in total. The molecule has 2 aliphatic rings. The second-order valence-corrected chi connectivity index (χ2v) is 11.9. The second-order valence-electron chi connectivity index (χ2n) is 11.9. The maximum absolute atomic E-state index is 12.3. The minimum Gasteiger partial charge on any atom is -0.435 e. The lowest BCUT2D eigenvalue weighted by Gasteiger charge is -2.26. The summed E-state index contributed by atoms with van der Waals surface area (Å²) in [6.45, 7) is 16.9. The van der Waals surface area contributed by atoms with Crippen LogP contribution in [0.5, 0.6) is 0 Å². The van der Waals surface area contributed by atoms with Gasteiger partial charge in [0.2, 0.25) is 5.69 Å². The molecule has 3 aromatic carbocycles. The minimum atomic E-state index is -0.324. The lowest BCUT2D eigenvalue weighted by molar-refractivity contribution is -0.436. The van der Waals surface area contributed by atoms with E-state index in [1.807, 2.05) is 6.07 Å². The summed E-state index contributed by atoms with van der Waals surface area (Å²) in [5.41, 5.74) is 6.23. The largest absolute Gasteiger partial charge is 0.435 e. The first-order valence-corrected chi connectivity index (χ1v) is 14.6. The topological polar surface area (TPSA) is 58.8 Å². The molecule has 0 aliphatic carbocycles. The zero-order valence-corrected chi connectivity index (χ0v) is 25.4. The number of allylic oxidation sites excluding steroid dienone is 4. The van der Waals surface area contributed by atoms with E-state index in [1.165, 1.54) is 34.4 Å². The molecular formula is C37H39N2O4+. The number of hydrogen-bond acceptors (Lipinski definition) is 5. The highest BCUT2D eigenvalue weighted by molar-refractivity contribution is 6.07. The van der Waals surface area contributed by atoms with Crippen LogP contribution in [0.15, 0.2) is 110 Å². The average Bonchev–Trinajstić information content (AvgIpc) is 3.34. The summed E-state index contributed by atoms with van der Waals surface area (Å²) in [5, 5.41) is 2.39. The molecule has 0 amide bonds. The monoisotopic (exact) mass is 575 g/mol. The molecule has 6 heteroatoms. The number of carbonyl (C=O) groups is 2. The Morgan fingerprint density at radius 1 is 0.860 bits per heavy atom. The number of hydrogen-bond donors (Lipinski definition) is 0. The predicted molar refractivity (Wildman–Crippen MR) is 173 cm³/mol. The van der Waals surface area contributed by atoms with Gasteiger partial charge in [-0.05, 0) is 48.4 Å². The number of anilines is 1. The Morgan fingerprint density at radius 2 is 1.53 bits per heavy atom. The highest BCUT2D eigenvalue weighted by Crippen LogP contribution is 2.48. The Hall–Kier alpha value is -4.71. The maximum atomic E-state index is 12.3. The average molecular weight is 576 g/mol. The number of carbonyl (C=O) groups excluding carboxylic acids is 2. The third kappa shape index (κ3) is 5.45. The fourth-order valence-corrected chi connectivity index (χ4v) is 6.60. The molecule has 3 aromatic rings. The summed E-state index contributed by atoms with van der Waals surface area (Å²) in [7, 11) is 0. The van der Waals surface area contributed by atoms with Crippen LogP contribution in [0, 0.1) is 0 Å². The zero-order chi connectivity index (χ0) is 30.8. The van der Waals surface area contributed by atoms with Gasteiger partial charge < -0.3 is 14.4 Å². The van der Waals surface area contributed by atoms with Crippen molar-refractivity contribution in [1.29, 1.82) is 0 Å². The Morgan fingerprint density at radius 3 is 2.28 bits per heavy atom. The fourth-order valence-electron chi connectivity index (χ4n) is 6.60. The van der Waals surface area contributed by atoms with Crippen molar-refractivity contribution in [2.24, 2.45) is 0 Å². The van der Waals surface area contributed by atoms with E-state index in [0.717, 1.165) is 22.8 Å². The van der Waals surface area contributed by atoms with Crippen LogP contribution in [0.4, 0.5) is 11.4 Å². The molecule has 43 heavy (non-hydrogen) atoms. The molecule has 5 rings (SSSR count). The van der Waals surface area contributed by atoms with Gasteiger partial charge in [0, 0.05) is 41.1 Å². The summed E-state index contributed by atoms with van der Waals surface area (Å²) >= 11 is 0. The Labute approximate surface area is 253 Å². The quantitative estimate of drug-likeness (QED) is 0.142. The van der Waals surface area contributed by atoms with E-state index in [2.05, 4.69) is 123 Å². The van der Waals surface area contributed by atoms with Gasteiger partial charge >= 0.3 is 11.9 Å². The van der Waals surface area contributed by atoms with Gasteiger partial charge in [0.1, 0.15) is 6.42 Å². The third-order valence-electron chi connectivity index (χ3n) is 8.57. The molecule has 0 atom stereocenters. The molecule has 0 aromatic heterocycles. The number of fused-ring (bicyclic) bond motifs is 4. The van der Waals surface area contributed by atoms with E-state index < -0.39 is 0 Å². The van der Waals surface area contributed by atoms with Gasteiger partial charge in [-0.1, -0.05) is 75.5 Å². The van der Waals surface area contributed by atoms with Crippen LogP contribution in [0.25, 0.3) is 10.8 Å². The summed E-state index contributed by atoms with van der Waals surface area (Å²) in [5.74, 6) is -0.630. The van der Waals surface area contributed by atoms with Crippen molar-refractivity contribution < 1.29 is 23.6 Å². The normalized spacial score (nSPS) is 17.3. The summed E-state index contributed by atoms with van der Waals surface area (Å²) in [6, 6.07) is 21.0. The maximum Gasteiger partial charge on any atom is 0.317 e. The predicted octanol–water partition coefficient (Wildman–Crippen LogP) is 7.61. The van der Waals surface area contributed by atoms with E-state index in [4.69, 9.17) is 9.47 Å². The molecular weight excluding hydrogens is 536 g/mol. The molecule has 0 saturated heterocycles. The lowest BCUT2D eigenvalue weighted by Crippen LogP contribution is -2.29. The van der Waals surface area contributed by atoms with E-state index in [9.17, 15) is 9.59 Å². The number of benzene rings is 3. The standard InChI is InChI=1S/C37H39N2O4/c1-7-42-33(40)22-24-38-29-17-12-11-16-28(29)36(3,4)31(38)18-13-19-32-37(5,6)35-27-15-10-9-14-26(27)20-21-30(35)39(32)25-23-34(41)43-8-2/h7-21H,1-2,22-25H2,3-6H3/q+1. The smallest absolute Gasteiger partial charge is 0.317 e. The molecule has 220 valence electrons. The van der Waals surface area contributed by atoms with E-state index in [1.54, 1.807) is 0 Å². The summed E-state index contributed by atoms with van der Waals surface area (Å²) in [6.07, 6.45) is 9.21. The van der Waals surface area contributed by atoms with Gasteiger partial charge in [0.25, 0.3) is 0 Å². The molecule has 2 heterocycles. The summed E-state index contributed by atoms with van der Waals surface area (Å²) in [4.78, 5) is 26.8. The first-order valence-electron chi connectivity index (χ1n) is 14.6. The van der Waals surface area contributed by atoms with E-state index >= 15 is 0 Å². The number of ether oxygens (including phenoxy) is 2. The van der Waals surface area contributed by atoms with Crippen molar-refractivity contribution >= 4 is 39.8 Å². The van der Waals surface area contributed by atoms with Crippen molar-refractivity contribution in [3.05, 3.63) is 121 Å². The van der Waals surface area contributed by atoms with Crippen LogP contribution in [0.1, 0.15) is 51.7 Å². The third-order valence-corrected chi connectivity index (χ3v) is 8.57. The number of rotatable bonds is 10. The Balaban J connectivity index is 1.56. The molecule has 0 radical (unpaired) electrons. The first kappa shape index (κ1) is 29.8. The van der Waals surface area contributed by atoms with Crippen molar-refractivity contribution in [2.45, 2.75) is 51.4 Å². The molecule has 0 N–H and O–H groups in total. The molecule has 0 spiro atoms.